The van der Waals surface area contributed by atoms with Gasteiger partial charge >= 0.3 is 6.03 Å². The summed E-state index contributed by atoms with van der Waals surface area (Å²) in [6, 6.07) is 18.0. The Labute approximate surface area is 163 Å². The highest BCUT2D eigenvalue weighted by Gasteiger charge is 2.07. The second kappa shape index (κ2) is 8.43. The smallest absolute Gasteiger partial charge is 0.315 e. The Hall–Kier alpha value is -3.54. The van der Waals surface area contributed by atoms with Crippen molar-refractivity contribution in [3.63, 3.8) is 0 Å². The molecule has 0 aliphatic rings. The summed E-state index contributed by atoms with van der Waals surface area (Å²) < 4.78 is 1.88. The molecule has 6 heteroatoms. The highest BCUT2D eigenvalue weighted by Crippen LogP contribution is 2.17. The van der Waals surface area contributed by atoms with E-state index in [1.54, 1.807) is 6.20 Å². The fourth-order valence-electron chi connectivity index (χ4n) is 3.34. The number of H-pyrrole nitrogens is 1. The lowest BCUT2D eigenvalue weighted by Crippen LogP contribution is -2.36. The molecule has 142 valence electrons. The van der Waals surface area contributed by atoms with E-state index in [9.17, 15) is 4.79 Å². The molecule has 4 rings (SSSR count). The summed E-state index contributed by atoms with van der Waals surface area (Å²) in [5.41, 5.74) is 4.56. The number of urea groups is 1. The number of nitrogens with zero attached hydrogens (tertiary/aromatic N) is 2. The second-order valence-corrected chi connectivity index (χ2v) is 6.69. The van der Waals surface area contributed by atoms with Crippen LogP contribution < -0.4 is 10.6 Å². The zero-order valence-electron chi connectivity index (χ0n) is 15.6. The number of carbonyl (C=O) groups is 1. The number of rotatable bonds is 7. The summed E-state index contributed by atoms with van der Waals surface area (Å²) >= 11 is 0. The molecule has 28 heavy (non-hydrogen) atoms. The number of hydrogen-bond acceptors (Lipinski definition) is 2. The summed E-state index contributed by atoms with van der Waals surface area (Å²) in [5, 5.41) is 11.3. The van der Waals surface area contributed by atoms with Gasteiger partial charge < -0.3 is 15.6 Å². The Bertz CT molecular complexity index is 1050. The van der Waals surface area contributed by atoms with Crippen LogP contribution in [0.1, 0.15) is 16.7 Å². The van der Waals surface area contributed by atoms with Gasteiger partial charge in [-0.3, -0.25) is 4.68 Å². The minimum atomic E-state index is -0.159. The van der Waals surface area contributed by atoms with Crippen LogP contribution in [0.5, 0.6) is 0 Å². The number of aromatic nitrogens is 3. The van der Waals surface area contributed by atoms with E-state index >= 15 is 0 Å². The zero-order valence-corrected chi connectivity index (χ0v) is 15.6. The molecule has 0 saturated carbocycles. The van der Waals surface area contributed by atoms with Crippen LogP contribution in [-0.4, -0.2) is 27.3 Å². The first-order valence-electron chi connectivity index (χ1n) is 9.40. The first-order chi connectivity index (χ1) is 13.8. The van der Waals surface area contributed by atoms with Gasteiger partial charge in [0.15, 0.2) is 0 Å². The van der Waals surface area contributed by atoms with Gasteiger partial charge in [-0.25, -0.2) is 4.79 Å². The first-order valence-corrected chi connectivity index (χ1v) is 9.40. The Kier molecular flexibility index (Phi) is 5.38. The lowest BCUT2D eigenvalue weighted by molar-refractivity contribution is 0.240. The van der Waals surface area contributed by atoms with Crippen molar-refractivity contribution < 1.29 is 4.79 Å². The van der Waals surface area contributed by atoms with Crippen LogP contribution in [0.3, 0.4) is 0 Å². The SMILES string of the molecule is O=C(NCCc1c[nH]c2ccccc12)NCc1ccccc1Cn1cccn1. The molecule has 0 aliphatic carbocycles. The van der Waals surface area contributed by atoms with Gasteiger partial charge in [-0.1, -0.05) is 42.5 Å². The molecular weight excluding hydrogens is 350 g/mol. The van der Waals surface area contributed by atoms with E-state index in [4.69, 9.17) is 0 Å². The van der Waals surface area contributed by atoms with E-state index in [0.717, 1.165) is 23.1 Å². The molecule has 0 unspecified atom stereocenters. The third-order valence-corrected chi connectivity index (χ3v) is 4.80. The third kappa shape index (κ3) is 4.23. The van der Waals surface area contributed by atoms with E-state index in [-0.39, 0.29) is 6.03 Å². The molecule has 0 aliphatic heterocycles. The van der Waals surface area contributed by atoms with Gasteiger partial charge in [0.2, 0.25) is 0 Å². The Morgan fingerprint density at radius 1 is 0.964 bits per heavy atom. The van der Waals surface area contributed by atoms with E-state index < -0.39 is 0 Å². The van der Waals surface area contributed by atoms with Crippen molar-refractivity contribution in [2.75, 3.05) is 6.54 Å². The maximum Gasteiger partial charge on any atom is 0.315 e. The number of benzene rings is 2. The predicted octanol–water partition coefficient (Wildman–Crippen LogP) is 3.45. The highest BCUT2D eigenvalue weighted by atomic mass is 16.2. The Morgan fingerprint density at radius 2 is 1.79 bits per heavy atom. The lowest BCUT2D eigenvalue weighted by atomic mass is 10.1. The Morgan fingerprint density at radius 3 is 2.64 bits per heavy atom. The number of para-hydroxylation sites is 1. The quantitative estimate of drug-likeness (QED) is 0.464. The van der Waals surface area contributed by atoms with Gasteiger partial charge in [-0.15, -0.1) is 0 Å². The van der Waals surface area contributed by atoms with Crippen molar-refractivity contribution >= 4 is 16.9 Å². The van der Waals surface area contributed by atoms with Crippen LogP contribution in [0, 0.1) is 0 Å². The van der Waals surface area contributed by atoms with Crippen LogP contribution in [-0.2, 0) is 19.5 Å². The molecule has 2 aromatic heterocycles. The van der Waals surface area contributed by atoms with Crippen LogP contribution >= 0.6 is 0 Å². The molecule has 4 aromatic rings. The molecule has 0 radical (unpaired) electrons. The number of aromatic amines is 1. The lowest BCUT2D eigenvalue weighted by Gasteiger charge is -2.12. The first kappa shape index (κ1) is 17.9. The number of carbonyl (C=O) groups excluding carboxylic acids is 1. The maximum atomic E-state index is 12.2. The second-order valence-electron chi connectivity index (χ2n) is 6.69. The van der Waals surface area contributed by atoms with Gasteiger partial charge in [0.05, 0.1) is 6.54 Å². The molecule has 0 saturated heterocycles. The van der Waals surface area contributed by atoms with Crippen LogP contribution in [0.2, 0.25) is 0 Å². The summed E-state index contributed by atoms with van der Waals surface area (Å²) in [5.74, 6) is 0. The molecule has 2 heterocycles. The standard InChI is InChI=1S/C22H23N5O/c28-22(23-12-10-18-15-24-21-9-4-3-8-20(18)21)25-14-17-6-1-2-7-19(17)16-27-13-5-11-26-27/h1-9,11,13,15,24H,10,12,14,16H2,(H2,23,25,28). The molecule has 0 bridgehead atoms. The average molecular weight is 373 g/mol. The largest absolute Gasteiger partial charge is 0.361 e. The van der Waals surface area contributed by atoms with Crippen molar-refractivity contribution in [3.8, 4) is 0 Å². The summed E-state index contributed by atoms with van der Waals surface area (Å²) in [6.07, 6.45) is 6.49. The van der Waals surface area contributed by atoms with Gasteiger partial charge in [0.25, 0.3) is 0 Å². The van der Waals surface area contributed by atoms with Crippen LogP contribution in [0.4, 0.5) is 4.79 Å². The normalized spacial score (nSPS) is 10.9. The van der Waals surface area contributed by atoms with Crippen LogP contribution in [0.25, 0.3) is 10.9 Å². The average Bonchev–Trinajstić information content (AvgIpc) is 3.38. The minimum Gasteiger partial charge on any atom is -0.361 e. The van der Waals surface area contributed by atoms with Crippen molar-refractivity contribution in [1.82, 2.24) is 25.4 Å². The van der Waals surface area contributed by atoms with Crippen molar-refractivity contribution in [2.45, 2.75) is 19.5 Å². The number of nitrogens with one attached hydrogen (secondary N) is 3. The zero-order chi connectivity index (χ0) is 19.2. The van der Waals surface area contributed by atoms with Crippen molar-refractivity contribution in [1.29, 1.82) is 0 Å². The summed E-state index contributed by atoms with van der Waals surface area (Å²) in [7, 11) is 0. The van der Waals surface area contributed by atoms with Crippen molar-refractivity contribution in [2.24, 2.45) is 0 Å². The predicted molar refractivity (Wildman–Crippen MR) is 110 cm³/mol. The minimum absolute atomic E-state index is 0.159. The third-order valence-electron chi connectivity index (χ3n) is 4.80. The molecule has 0 fully saturated rings. The number of amides is 2. The molecular formula is C22H23N5O. The fourth-order valence-corrected chi connectivity index (χ4v) is 3.34. The molecule has 0 atom stereocenters. The topological polar surface area (TPSA) is 74.7 Å². The van der Waals surface area contributed by atoms with E-state index in [2.05, 4.69) is 38.9 Å². The molecule has 3 N–H and O–H groups in total. The maximum absolute atomic E-state index is 12.2. The molecule has 2 aromatic carbocycles. The van der Waals surface area contributed by atoms with Gasteiger partial charge in [-0.2, -0.15) is 5.10 Å². The highest BCUT2D eigenvalue weighted by molar-refractivity contribution is 5.83. The van der Waals surface area contributed by atoms with Crippen LogP contribution in [0.15, 0.2) is 73.2 Å². The van der Waals surface area contributed by atoms with E-state index in [0.29, 0.717) is 19.6 Å². The monoisotopic (exact) mass is 373 g/mol. The van der Waals surface area contributed by atoms with Gasteiger partial charge in [0, 0.05) is 42.6 Å². The Balaban J connectivity index is 1.28. The number of hydrogen-bond donors (Lipinski definition) is 3. The van der Waals surface area contributed by atoms with Gasteiger partial charge in [-0.05, 0) is 35.2 Å². The number of fused-ring (bicyclic) bond motifs is 1. The molecule has 6 nitrogen and oxygen atoms in total. The van der Waals surface area contributed by atoms with Crippen molar-refractivity contribution in [3.05, 3.63) is 89.9 Å². The fraction of sp³-hybridized carbons (Fsp3) is 0.182. The molecule has 2 amide bonds. The summed E-state index contributed by atoms with van der Waals surface area (Å²) in [6.45, 7) is 1.76. The van der Waals surface area contributed by atoms with E-state index in [1.807, 2.05) is 53.5 Å². The molecule has 0 spiro atoms. The summed E-state index contributed by atoms with van der Waals surface area (Å²) in [4.78, 5) is 15.5. The van der Waals surface area contributed by atoms with Gasteiger partial charge in [0.1, 0.15) is 0 Å². The van der Waals surface area contributed by atoms with E-state index in [1.165, 1.54) is 10.9 Å².